The molecule has 0 spiro atoms. The van der Waals surface area contributed by atoms with E-state index in [2.05, 4.69) is 15.1 Å². The predicted molar refractivity (Wildman–Crippen MR) is 90.1 cm³/mol. The van der Waals surface area contributed by atoms with Crippen LogP contribution in [0.4, 0.5) is 0 Å². The van der Waals surface area contributed by atoms with Crippen molar-refractivity contribution < 1.29 is 19.2 Å². The molecule has 7 nitrogen and oxygen atoms in total. The van der Waals surface area contributed by atoms with E-state index in [4.69, 9.17) is 14.4 Å². The van der Waals surface area contributed by atoms with Crippen LogP contribution in [0.3, 0.4) is 0 Å². The third-order valence-corrected chi connectivity index (χ3v) is 3.34. The number of benzene rings is 1. The van der Waals surface area contributed by atoms with Gasteiger partial charge in [0.25, 0.3) is 5.89 Å². The van der Waals surface area contributed by atoms with Gasteiger partial charge in [0.15, 0.2) is 0 Å². The highest BCUT2D eigenvalue weighted by molar-refractivity contribution is 5.90. The zero-order chi connectivity index (χ0) is 17.8. The summed E-state index contributed by atoms with van der Waals surface area (Å²) in [6.45, 7) is 3.35. The van der Waals surface area contributed by atoms with Crippen LogP contribution >= 0.6 is 0 Å². The zero-order valence-corrected chi connectivity index (χ0v) is 13.6. The monoisotopic (exact) mass is 337 g/mol. The number of carboxylic acids is 1. The summed E-state index contributed by atoms with van der Waals surface area (Å²) in [4.78, 5) is 19.1. The number of aryl methyl sites for hydroxylation is 1. The summed E-state index contributed by atoms with van der Waals surface area (Å²) in [5.41, 5.74) is 1.72. The van der Waals surface area contributed by atoms with Gasteiger partial charge >= 0.3 is 5.97 Å². The molecule has 0 bridgehead atoms. The SMILES string of the molecule is CC(=Cc1nc(-c2ccc(Oc3ccnc(C)c3)cc2)no1)C(=O)O. The Hall–Kier alpha value is -3.48. The molecule has 0 aliphatic carbocycles. The van der Waals surface area contributed by atoms with Crippen LogP contribution in [-0.4, -0.2) is 26.2 Å². The maximum absolute atomic E-state index is 10.8. The lowest BCUT2D eigenvalue weighted by molar-refractivity contribution is -0.132. The molecule has 126 valence electrons. The fourth-order valence-electron chi connectivity index (χ4n) is 2.05. The van der Waals surface area contributed by atoms with Gasteiger partial charge in [0, 0.05) is 35.2 Å². The van der Waals surface area contributed by atoms with Crippen LogP contribution in [0.15, 0.2) is 52.7 Å². The second-order valence-electron chi connectivity index (χ2n) is 5.35. The molecule has 0 fully saturated rings. The first-order chi connectivity index (χ1) is 12.0. The summed E-state index contributed by atoms with van der Waals surface area (Å²) in [7, 11) is 0. The molecule has 0 radical (unpaired) electrons. The van der Waals surface area contributed by atoms with E-state index < -0.39 is 5.97 Å². The van der Waals surface area contributed by atoms with Crippen molar-refractivity contribution in [1.82, 2.24) is 15.1 Å². The molecule has 2 aromatic heterocycles. The van der Waals surface area contributed by atoms with Crippen LogP contribution < -0.4 is 4.74 Å². The van der Waals surface area contributed by atoms with Gasteiger partial charge in [-0.25, -0.2) is 4.79 Å². The van der Waals surface area contributed by atoms with E-state index in [0.29, 0.717) is 17.3 Å². The fraction of sp³-hybridized carbons (Fsp3) is 0.111. The topological polar surface area (TPSA) is 98.3 Å². The minimum Gasteiger partial charge on any atom is -0.478 e. The van der Waals surface area contributed by atoms with Crippen molar-refractivity contribution >= 4 is 12.0 Å². The van der Waals surface area contributed by atoms with Gasteiger partial charge in [-0.1, -0.05) is 5.16 Å². The Morgan fingerprint density at radius 1 is 1.20 bits per heavy atom. The predicted octanol–water partition coefficient (Wildman–Crippen LogP) is 3.72. The molecule has 0 saturated heterocycles. The Morgan fingerprint density at radius 2 is 1.96 bits per heavy atom. The smallest absolute Gasteiger partial charge is 0.331 e. The summed E-state index contributed by atoms with van der Waals surface area (Å²) >= 11 is 0. The van der Waals surface area contributed by atoms with Gasteiger partial charge in [-0.2, -0.15) is 4.98 Å². The van der Waals surface area contributed by atoms with Crippen molar-refractivity contribution in [2.24, 2.45) is 0 Å². The molecule has 0 saturated carbocycles. The second kappa shape index (κ2) is 6.96. The van der Waals surface area contributed by atoms with E-state index in [-0.39, 0.29) is 11.5 Å². The third kappa shape index (κ3) is 4.08. The first-order valence-electron chi connectivity index (χ1n) is 7.47. The molecular weight excluding hydrogens is 322 g/mol. The van der Waals surface area contributed by atoms with E-state index in [1.165, 1.54) is 13.0 Å². The summed E-state index contributed by atoms with van der Waals surface area (Å²) in [6, 6.07) is 10.8. The molecule has 0 amide bonds. The minimum atomic E-state index is -1.03. The molecule has 7 heteroatoms. The number of pyridine rings is 1. The van der Waals surface area contributed by atoms with Crippen LogP contribution in [0.5, 0.6) is 11.5 Å². The minimum absolute atomic E-state index is 0.117. The molecule has 1 aromatic carbocycles. The van der Waals surface area contributed by atoms with E-state index in [0.717, 1.165) is 11.3 Å². The lowest BCUT2D eigenvalue weighted by Crippen LogP contribution is -1.95. The summed E-state index contributed by atoms with van der Waals surface area (Å²) in [5, 5.41) is 12.7. The summed E-state index contributed by atoms with van der Waals surface area (Å²) in [6.07, 6.45) is 3.01. The zero-order valence-electron chi connectivity index (χ0n) is 13.6. The van der Waals surface area contributed by atoms with Crippen molar-refractivity contribution in [2.75, 3.05) is 0 Å². The largest absolute Gasteiger partial charge is 0.478 e. The number of carbonyl (C=O) groups is 1. The molecule has 0 unspecified atom stereocenters. The number of aliphatic carboxylic acids is 1. The second-order valence-corrected chi connectivity index (χ2v) is 5.35. The van der Waals surface area contributed by atoms with Crippen molar-refractivity contribution in [3.8, 4) is 22.9 Å². The maximum atomic E-state index is 10.8. The van der Waals surface area contributed by atoms with Gasteiger partial charge in [0.1, 0.15) is 11.5 Å². The lowest BCUT2D eigenvalue weighted by atomic mass is 10.2. The highest BCUT2D eigenvalue weighted by atomic mass is 16.5. The van der Waals surface area contributed by atoms with Crippen LogP contribution in [0, 0.1) is 6.92 Å². The van der Waals surface area contributed by atoms with Crippen molar-refractivity contribution in [3.05, 3.63) is 59.8 Å². The van der Waals surface area contributed by atoms with Gasteiger partial charge in [-0.15, -0.1) is 0 Å². The third-order valence-electron chi connectivity index (χ3n) is 3.34. The average molecular weight is 337 g/mol. The molecular formula is C18H15N3O4. The average Bonchev–Trinajstić information content (AvgIpc) is 3.04. The quantitative estimate of drug-likeness (QED) is 0.708. The Labute approximate surface area is 143 Å². The number of hydrogen-bond donors (Lipinski definition) is 1. The number of nitrogens with zero attached hydrogens (tertiary/aromatic N) is 3. The van der Waals surface area contributed by atoms with Crippen molar-refractivity contribution in [3.63, 3.8) is 0 Å². The maximum Gasteiger partial charge on any atom is 0.331 e. The molecule has 0 aliphatic rings. The van der Waals surface area contributed by atoms with E-state index in [9.17, 15) is 4.79 Å². The number of hydrogen-bond acceptors (Lipinski definition) is 6. The van der Waals surface area contributed by atoms with Crippen molar-refractivity contribution in [2.45, 2.75) is 13.8 Å². The Balaban J connectivity index is 1.75. The van der Waals surface area contributed by atoms with E-state index in [1.807, 2.05) is 13.0 Å². The molecule has 0 aliphatic heterocycles. The highest BCUT2D eigenvalue weighted by Gasteiger charge is 2.09. The Morgan fingerprint density at radius 3 is 2.64 bits per heavy atom. The molecule has 3 rings (SSSR count). The standard InChI is InChI=1S/C18H15N3O4/c1-11(18(22)23)9-16-20-17(21-25-16)13-3-5-14(6-4-13)24-15-7-8-19-12(2)10-15/h3-10H,1-2H3,(H,22,23). The van der Waals surface area contributed by atoms with E-state index in [1.54, 1.807) is 36.5 Å². The molecule has 3 aromatic rings. The summed E-state index contributed by atoms with van der Waals surface area (Å²) < 4.78 is 10.8. The fourth-order valence-corrected chi connectivity index (χ4v) is 2.05. The molecule has 1 N–H and O–H groups in total. The van der Waals surface area contributed by atoms with Gasteiger partial charge in [0.2, 0.25) is 5.82 Å². The van der Waals surface area contributed by atoms with Gasteiger partial charge in [-0.3, -0.25) is 4.98 Å². The number of ether oxygens (including phenoxy) is 1. The number of carboxylic acid groups (broad SMARTS) is 1. The Kier molecular flexibility index (Phi) is 4.56. The van der Waals surface area contributed by atoms with Crippen LogP contribution in [0.25, 0.3) is 17.5 Å². The molecule has 0 atom stereocenters. The lowest BCUT2D eigenvalue weighted by Gasteiger charge is -2.06. The first kappa shape index (κ1) is 16.4. The summed E-state index contributed by atoms with van der Waals surface area (Å²) in [5.74, 6) is 0.849. The molecule has 2 heterocycles. The van der Waals surface area contributed by atoms with Gasteiger partial charge < -0.3 is 14.4 Å². The number of rotatable bonds is 5. The molecule has 25 heavy (non-hydrogen) atoms. The van der Waals surface area contributed by atoms with Gasteiger partial charge in [0.05, 0.1) is 0 Å². The van der Waals surface area contributed by atoms with Crippen molar-refractivity contribution in [1.29, 1.82) is 0 Å². The van der Waals surface area contributed by atoms with E-state index >= 15 is 0 Å². The highest BCUT2D eigenvalue weighted by Crippen LogP contribution is 2.25. The normalized spacial score (nSPS) is 11.4. The van der Waals surface area contributed by atoms with Crippen LogP contribution in [0.2, 0.25) is 0 Å². The first-order valence-corrected chi connectivity index (χ1v) is 7.47. The Bertz CT molecular complexity index is 930. The van der Waals surface area contributed by atoms with Gasteiger partial charge in [-0.05, 0) is 44.2 Å². The van der Waals surface area contributed by atoms with Crippen LogP contribution in [-0.2, 0) is 4.79 Å². The number of aromatic nitrogens is 3. The van der Waals surface area contributed by atoms with Crippen LogP contribution in [0.1, 0.15) is 18.5 Å².